The summed E-state index contributed by atoms with van der Waals surface area (Å²) in [5.74, 6) is 0.962. The van der Waals surface area contributed by atoms with Crippen LogP contribution in [0.25, 0.3) is 33.8 Å². The first-order chi connectivity index (χ1) is 12.2. The number of halogens is 1. The van der Waals surface area contributed by atoms with Gasteiger partial charge in [-0.2, -0.15) is 10.1 Å². The minimum atomic E-state index is 0.404. The highest BCUT2D eigenvalue weighted by molar-refractivity contribution is 6.30. The summed E-state index contributed by atoms with van der Waals surface area (Å²) in [7, 11) is 0. The highest BCUT2D eigenvalue weighted by Gasteiger charge is 2.21. The van der Waals surface area contributed by atoms with E-state index in [1.165, 1.54) is 0 Å². The van der Waals surface area contributed by atoms with Crippen molar-refractivity contribution in [2.45, 2.75) is 6.92 Å². The number of aromatic nitrogens is 4. The molecule has 0 aliphatic rings. The molecule has 0 N–H and O–H groups in total. The number of benzene rings is 2. The zero-order valence-corrected chi connectivity index (χ0v) is 14.1. The molecule has 0 atom stereocenters. The summed E-state index contributed by atoms with van der Waals surface area (Å²) in [6, 6.07) is 17.4. The molecule has 2 aromatic heterocycles. The molecule has 122 valence electrons. The zero-order chi connectivity index (χ0) is 17.2. The summed E-state index contributed by atoms with van der Waals surface area (Å²) in [6.45, 7) is 1.78. The third-order valence-electron chi connectivity index (χ3n) is 3.77. The number of hydrogen-bond acceptors (Lipinski definition) is 5. The van der Waals surface area contributed by atoms with Gasteiger partial charge in [0.15, 0.2) is 5.82 Å². The molecule has 0 aliphatic carbocycles. The lowest BCUT2D eigenvalue weighted by Gasteiger charge is -2.11. The second kappa shape index (κ2) is 6.45. The summed E-state index contributed by atoms with van der Waals surface area (Å²) in [6.07, 6.45) is 1.71. The van der Waals surface area contributed by atoms with Crippen LogP contribution in [0.5, 0.6) is 0 Å². The van der Waals surface area contributed by atoms with Crippen molar-refractivity contribution in [1.29, 1.82) is 0 Å². The summed E-state index contributed by atoms with van der Waals surface area (Å²) in [5.41, 5.74) is 4.08. The average Bonchev–Trinajstić information content (AvgIpc) is 3.08. The molecule has 4 aromatic rings. The molecule has 25 heavy (non-hydrogen) atoms. The summed E-state index contributed by atoms with van der Waals surface area (Å²) in [4.78, 5) is 4.40. The molecule has 0 aliphatic heterocycles. The first-order valence-electron chi connectivity index (χ1n) is 7.70. The zero-order valence-electron chi connectivity index (χ0n) is 13.3. The first kappa shape index (κ1) is 15.5. The molecule has 0 radical (unpaired) electrons. The van der Waals surface area contributed by atoms with Crippen LogP contribution in [0, 0.1) is 6.92 Å². The Labute approximate surface area is 149 Å². The van der Waals surface area contributed by atoms with Gasteiger partial charge in [0.2, 0.25) is 0 Å². The van der Waals surface area contributed by atoms with E-state index in [0.29, 0.717) is 22.4 Å². The smallest absolute Gasteiger partial charge is 0.260 e. The van der Waals surface area contributed by atoms with Crippen LogP contribution in [-0.2, 0) is 0 Å². The normalized spacial score (nSPS) is 10.8. The standard InChI is InChI=1S/C19H13ClN4O/c1-12-22-19(25-24-12)17-16(13-6-3-2-4-7-13)11-21-23-18(17)14-8-5-9-15(20)10-14/h2-11H,1H3. The van der Waals surface area contributed by atoms with Gasteiger partial charge in [0, 0.05) is 16.1 Å². The van der Waals surface area contributed by atoms with E-state index in [4.69, 9.17) is 16.1 Å². The van der Waals surface area contributed by atoms with Crippen LogP contribution in [0.1, 0.15) is 5.82 Å². The maximum atomic E-state index is 6.15. The second-order valence-corrected chi connectivity index (χ2v) is 5.94. The number of hydrogen-bond donors (Lipinski definition) is 0. The monoisotopic (exact) mass is 348 g/mol. The Balaban J connectivity index is 2.02. The van der Waals surface area contributed by atoms with Gasteiger partial charge in [-0.1, -0.05) is 59.2 Å². The van der Waals surface area contributed by atoms with Gasteiger partial charge in [0.25, 0.3) is 5.89 Å². The SMILES string of the molecule is Cc1noc(-c2c(-c3ccccc3)cnnc2-c2cccc(Cl)c2)n1. The van der Waals surface area contributed by atoms with Crippen molar-refractivity contribution in [2.75, 3.05) is 0 Å². The highest BCUT2D eigenvalue weighted by Crippen LogP contribution is 2.37. The summed E-state index contributed by atoms with van der Waals surface area (Å²) < 4.78 is 5.44. The molecule has 5 nitrogen and oxygen atoms in total. The molecular formula is C19H13ClN4O. The number of rotatable bonds is 3. The van der Waals surface area contributed by atoms with Gasteiger partial charge in [-0.05, 0) is 24.6 Å². The van der Waals surface area contributed by atoms with Crippen LogP contribution in [0.2, 0.25) is 5.02 Å². The van der Waals surface area contributed by atoms with Crippen molar-refractivity contribution >= 4 is 11.6 Å². The molecule has 0 bridgehead atoms. The second-order valence-electron chi connectivity index (χ2n) is 5.50. The highest BCUT2D eigenvalue weighted by atomic mass is 35.5. The topological polar surface area (TPSA) is 64.7 Å². The Morgan fingerprint density at radius 2 is 1.76 bits per heavy atom. The van der Waals surface area contributed by atoms with Crippen molar-refractivity contribution < 1.29 is 4.52 Å². The van der Waals surface area contributed by atoms with Gasteiger partial charge in [-0.3, -0.25) is 0 Å². The minimum absolute atomic E-state index is 0.404. The largest absolute Gasteiger partial charge is 0.334 e. The van der Waals surface area contributed by atoms with Crippen molar-refractivity contribution in [1.82, 2.24) is 20.3 Å². The molecule has 0 unspecified atom stereocenters. The predicted octanol–water partition coefficient (Wildman–Crippen LogP) is 4.82. The molecule has 0 amide bonds. The van der Waals surface area contributed by atoms with E-state index in [-0.39, 0.29) is 0 Å². The number of nitrogens with zero attached hydrogens (tertiary/aromatic N) is 4. The molecule has 2 aromatic carbocycles. The Morgan fingerprint density at radius 1 is 0.960 bits per heavy atom. The van der Waals surface area contributed by atoms with E-state index in [1.54, 1.807) is 13.1 Å². The van der Waals surface area contributed by atoms with E-state index in [9.17, 15) is 0 Å². The quantitative estimate of drug-likeness (QED) is 0.531. The van der Waals surface area contributed by atoms with Crippen LogP contribution < -0.4 is 0 Å². The maximum Gasteiger partial charge on any atom is 0.260 e. The van der Waals surface area contributed by atoms with Gasteiger partial charge in [0.05, 0.1) is 11.8 Å². The van der Waals surface area contributed by atoms with Crippen molar-refractivity contribution in [3.63, 3.8) is 0 Å². The van der Waals surface area contributed by atoms with E-state index >= 15 is 0 Å². The Hall–Kier alpha value is -3.05. The molecule has 0 saturated heterocycles. The molecule has 4 rings (SSSR count). The Bertz CT molecular complexity index is 1030. The fraction of sp³-hybridized carbons (Fsp3) is 0.0526. The van der Waals surface area contributed by atoms with Crippen LogP contribution in [0.3, 0.4) is 0 Å². The number of aryl methyl sites for hydroxylation is 1. The van der Waals surface area contributed by atoms with Gasteiger partial charge in [0.1, 0.15) is 5.69 Å². The maximum absolute atomic E-state index is 6.15. The van der Waals surface area contributed by atoms with Crippen LogP contribution in [0.15, 0.2) is 65.3 Å². The lowest BCUT2D eigenvalue weighted by molar-refractivity contribution is 0.425. The lowest BCUT2D eigenvalue weighted by Crippen LogP contribution is -1.96. The first-order valence-corrected chi connectivity index (χ1v) is 8.08. The Kier molecular flexibility index (Phi) is 3.99. The fourth-order valence-electron chi connectivity index (χ4n) is 2.68. The molecule has 0 saturated carbocycles. The molecule has 0 spiro atoms. The van der Waals surface area contributed by atoms with Crippen LogP contribution >= 0.6 is 11.6 Å². The lowest BCUT2D eigenvalue weighted by atomic mass is 9.97. The fourth-order valence-corrected chi connectivity index (χ4v) is 2.87. The third-order valence-corrected chi connectivity index (χ3v) is 4.01. The minimum Gasteiger partial charge on any atom is -0.334 e. The van der Waals surface area contributed by atoms with E-state index in [0.717, 1.165) is 22.3 Å². The predicted molar refractivity (Wildman–Crippen MR) is 95.9 cm³/mol. The molecule has 0 fully saturated rings. The van der Waals surface area contributed by atoms with Gasteiger partial charge in [-0.25, -0.2) is 0 Å². The van der Waals surface area contributed by atoms with Crippen LogP contribution in [0.4, 0.5) is 0 Å². The van der Waals surface area contributed by atoms with Crippen molar-refractivity contribution in [3.8, 4) is 33.8 Å². The van der Waals surface area contributed by atoms with E-state index in [1.807, 2.05) is 54.6 Å². The molecule has 2 heterocycles. The van der Waals surface area contributed by atoms with Gasteiger partial charge < -0.3 is 4.52 Å². The van der Waals surface area contributed by atoms with E-state index < -0.39 is 0 Å². The molecule has 6 heteroatoms. The average molecular weight is 349 g/mol. The summed E-state index contributed by atoms with van der Waals surface area (Å²) >= 11 is 6.15. The van der Waals surface area contributed by atoms with Gasteiger partial charge in [-0.15, -0.1) is 5.10 Å². The third kappa shape index (κ3) is 3.02. The summed E-state index contributed by atoms with van der Waals surface area (Å²) in [5, 5.41) is 13.0. The molecular weight excluding hydrogens is 336 g/mol. The van der Waals surface area contributed by atoms with E-state index in [2.05, 4.69) is 20.3 Å². The van der Waals surface area contributed by atoms with Crippen molar-refractivity contribution in [3.05, 3.63) is 71.6 Å². The Morgan fingerprint density at radius 3 is 2.48 bits per heavy atom. The van der Waals surface area contributed by atoms with Crippen molar-refractivity contribution in [2.24, 2.45) is 0 Å². The van der Waals surface area contributed by atoms with Crippen LogP contribution in [-0.4, -0.2) is 20.3 Å². The van der Waals surface area contributed by atoms with Gasteiger partial charge >= 0.3 is 0 Å².